The third-order valence-electron chi connectivity index (χ3n) is 3.32. The summed E-state index contributed by atoms with van der Waals surface area (Å²) in [7, 11) is 3.13. The molecule has 0 amide bonds. The Kier molecular flexibility index (Phi) is 3.42. The average molecular weight is 298 g/mol. The number of aryl methyl sites for hydroxylation is 1. The van der Waals surface area contributed by atoms with Gasteiger partial charge in [0.15, 0.2) is 0 Å². The predicted molar refractivity (Wildman–Crippen MR) is 80.2 cm³/mol. The van der Waals surface area contributed by atoms with E-state index in [1.807, 2.05) is 7.05 Å². The van der Waals surface area contributed by atoms with Gasteiger partial charge >= 0.3 is 5.97 Å². The number of aromatic nitrogens is 2. The van der Waals surface area contributed by atoms with E-state index >= 15 is 0 Å². The number of fused-ring (bicyclic) bond motifs is 1. The Balaban J connectivity index is 2.10. The topological polar surface area (TPSA) is 73.6 Å². The minimum atomic E-state index is -0.487. The molecule has 22 heavy (non-hydrogen) atoms. The monoisotopic (exact) mass is 298 g/mol. The Morgan fingerprint density at radius 3 is 2.64 bits per heavy atom. The van der Waals surface area contributed by atoms with Crippen molar-refractivity contribution in [1.29, 1.82) is 0 Å². The molecule has 6 nitrogen and oxygen atoms in total. The first-order valence-electron chi connectivity index (χ1n) is 6.59. The fraction of sp³-hybridized carbons (Fsp3) is 0.125. The van der Waals surface area contributed by atoms with Crippen molar-refractivity contribution in [3.8, 4) is 17.2 Å². The fourth-order valence-corrected chi connectivity index (χ4v) is 2.18. The summed E-state index contributed by atoms with van der Waals surface area (Å²) in [5, 5.41) is 14.3. The van der Waals surface area contributed by atoms with Gasteiger partial charge in [0, 0.05) is 18.5 Å². The van der Waals surface area contributed by atoms with Gasteiger partial charge in [-0.15, -0.1) is 0 Å². The Hall–Kier alpha value is -3.02. The first kappa shape index (κ1) is 13.9. The van der Waals surface area contributed by atoms with E-state index in [1.165, 1.54) is 19.2 Å². The van der Waals surface area contributed by atoms with Gasteiger partial charge in [0.25, 0.3) is 0 Å². The summed E-state index contributed by atoms with van der Waals surface area (Å²) < 4.78 is 12.3. The molecular formula is C16H14N2O4. The molecule has 0 unspecified atom stereocenters. The molecule has 0 aliphatic heterocycles. The van der Waals surface area contributed by atoms with E-state index in [9.17, 15) is 9.90 Å². The number of rotatable bonds is 3. The summed E-state index contributed by atoms with van der Waals surface area (Å²) in [6, 6.07) is 9.67. The van der Waals surface area contributed by atoms with Crippen LogP contribution in [0.15, 0.2) is 42.6 Å². The Morgan fingerprint density at radius 2 is 1.95 bits per heavy atom. The highest BCUT2D eigenvalue weighted by Crippen LogP contribution is 2.31. The molecule has 0 atom stereocenters. The summed E-state index contributed by atoms with van der Waals surface area (Å²) in [4.78, 5) is 12.0. The zero-order valence-corrected chi connectivity index (χ0v) is 12.1. The molecule has 2 aromatic carbocycles. The van der Waals surface area contributed by atoms with Gasteiger partial charge in [0.2, 0.25) is 0 Å². The number of hydrogen-bond donors (Lipinski definition) is 1. The standard InChI is InChI=1S/C16H14N2O4/c1-18-14-8-15(22-12-5-3-11(19)4-6-12)13(16(20)21-2)7-10(14)9-17-18/h3-9,19H,1-2H3. The van der Waals surface area contributed by atoms with Crippen LogP contribution in [0.4, 0.5) is 0 Å². The Labute approximate surface area is 126 Å². The van der Waals surface area contributed by atoms with E-state index in [4.69, 9.17) is 9.47 Å². The number of aromatic hydroxyl groups is 1. The highest BCUT2D eigenvalue weighted by atomic mass is 16.5. The van der Waals surface area contributed by atoms with Gasteiger partial charge in [-0.25, -0.2) is 4.79 Å². The molecule has 0 aliphatic rings. The van der Waals surface area contributed by atoms with Crippen molar-refractivity contribution in [3.05, 3.63) is 48.2 Å². The lowest BCUT2D eigenvalue weighted by Gasteiger charge is -2.11. The second-order valence-electron chi connectivity index (χ2n) is 4.76. The van der Waals surface area contributed by atoms with E-state index < -0.39 is 5.97 Å². The maximum Gasteiger partial charge on any atom is 0.341 e. The molecule has 3 aromatic rings. The first-order valence-corrected chi connectivity index (χ1v) is 6.59. The molecule has 0 aliphatic carbocycles. The van der Waals surface area contributed by atoms with Crippen molar-refractivity contribution >= 4 is 16.9 Å². The van der Waals surface area contributed by atoms with Gasteiger partial charge in [0.05, 0.1) is 18.8 Å². The van der Waals surface area contributed by atoms with Gasteiger partial charge in [-0.2, -0.15) is 5.10 Å². The first-order chi connectivity index (χ1) is 10.6. The van der Waals surface area contributed by atoms with Crippen LogP contribution in [0.1, 0.15) is 10.4 Å². The number of carbonyl (C=O) groups is 1. The number of benzene rings is 2. The molecule has 6 heteroatoms. The number of nitrogens with zero attached hydrogens (tertiary/aromatic N) is 2. The number of carbonyl (C=O) groups excluding carboxylic acids is 1. The lowest BCUT2D eigenvalue weighted by molar-refractivity contribution is 0.0598. The van der Waals surface area contributed by atoms with E-state index in [0.29, 0.717) is 17.1 Å². The maximum atomic E-state index is 12.0. The van der Waals surface area contributed by atoms with E-state index in [1.54, 1.807) is 35.1 Å². The quantitative estimate of drug-likeness (QED) is 0.753. The summed E-state index contributed by atoms with van der Waals surface area (Å²) in [6.07, 6.45) is 1.67. The molecule has 1 aromatic heterocycles. The summed E-state index contributed by atoms with van der Waals surface area (Å²) in [6.45, 7) is 0. The second kappa shape index (κ2) is 5.40. The molecule has 0 fully saturated rings. The number of methoxy groups -OCH3 is 1. The molecule has 0 spiro atoms. The van der Waals surface area contributed by atoms with Gasteiger partial charge in [-0.05, 0) is 30.3 Å². The van der Waals surface area contributed by atoms with Gasteiger partial charge in [-0.1, -0.05) is 0 Å². The zero-order valence-electron chi connectivity index (χ0n) is 12.1. The van der Waals surface area contributed by atoms with E-state index in [-0.39, 0.29) is 5.75 Å². The minimum Gasteiger partial charge on any atom is -0.508 e. The lowest BCUT2D eigenvalue weighted by Crippen LogP contribution is -2.04. The maximum absolute atomic E-state index is 12.0. The molecule has 0 bridgehead atoms. The Bertz CT molecular complexity index is 837. The van der Waals surface area contributed by atoms with Crippen molar-refractivity contribution in [2.75, 3.05) is 7.11 Å². The van der Waals surface area contributed by atoms with Gasteiger partial charge < -0.3 is 14.6 Å². The van der Waals surface area contributed by atoms with Crippen LogP contribution in [0.25, 0.3) is 10.9 Å². The molecule has 0 saturated heterocycles. The number of phenolic OH excluding ortho intramolecular Hbond substituents is 1. The van der Waals surface area contributed by atoms with Crippen LogP contribution in [-0.2, 0) is 11.8 Å². The predicted octanol–water partition coefficient (Wildman–Crippen LogP) is 2.86. The molecule has 1 N–H and O–H groups in total. The van der Waals surface area contributed by atoms with Crippen LogP contribution in [-0.4, -0.2) is 28.0 Å². The van der Waals surface area contributed by atoms with E-state index in [2.05, 4.69) is 5.10 Å². The SMILES string of the molecule is COC(=O)c1cc2cnn(C)c2cc1Oc1ccc(O)cc1. The minimum absolute atomic E-state index is 0.141. The van der Waals surface area contributed by atoms with Crippen molar-refractivity contribution in [2.45, 2.75) is 0 Å². The number of hydrogen-bond acceptors (Lipinski definition) is 5. The molecule has 0 saturated carbocycles. The van der Waals surface area contributed by atoms with E-state index in [0.717, 1.165) is 10.9 Å². The van der Waals surface area contributed by atoms with Crippen LogP contribution in [0.5, 0.6) is 17.2 Å². The fourth-order valence-electron chi connectivity index (χ4n) is 2.18. The molecule has 3 rings (SSSR count). The normalized spacial score (nSPS) is 10.6. The molecule has 112 valence electrons. The molecule has 0 radical (unpaired) electrons. The summed E-state index contributed by atoms with van der Waals surface area (Å²) >= 11 is 0. The highest BCUT2D eigenvalue weighted by molar-refractivity contribution is 5.97. The van der Waals surface area contributed by atoms with Crippen LogP contribution >= 0.6 is 0 Å². The third-order valence-corrected chi connectivity index (χ3v) is 3.32. The van der Waals surface area contributed by atoms with Gasteiger partial charge in [-0.3, -0.25) is 4.68 Å². The lowest BCUT2D eigenvalue weighted by atomic mass is 10.1. The van der Waals surface area contributed by atoms with Crippen molar-refractivity contribution in [3.63, 3.8) is 0 Å². The van der Waals surface area contributed by atoms with Crippen LogP contribution in [0.3, 0.4) is 0 Å². The summed E-state index contributed by atoms with van der Waals surface area (Å²) in [5.41, 5.74) is 1.15. The van der Waals surface area contributed by atoms with Gasteiger partial charge in [0.1, 0.15) is 22.8 Å². The number of esters is 1. The smallest absolute Gasteiger partial charge is 0.341 e. The van der Waals surface area contributed by atoms with Crippen molar-refractivity contribution < 1.29 is 19.4 Å². The molecule has 1 heterocycles. The number of phenols is 1. The van der Waals surface area contributed by atoms with Crippen LogP contribution < -0.4 is 4.74 Å². The van der Waals surface area contributed by atoms with Crippen molar-refractivity contribution in [1.82, 2.24) is 9.78 Å². The zero-order chi connectivity index (χ0) is 15.7. The van der Waals surface area contributed by atoms with Crippen LogP contribution in [0.2, 0.25) is 0 Å². The average Bonchev–Trinajstić information content (AvgIpc) is 2.89. The second-order valence-corrected chi connectivity index (χ2v) is 4.76. The largest absolute Gasteiger partial charge is 0.508 e. The summed E-state index contributed by atoms with van der Waals surface area (Å²) in [5.74, 6) is 0.528. The van der Waals surface area contributed by atoms with Crippen LogP contribution in [0, 0.1) is 0 Å². The Morgan fingerprint density at radius 1 is 1.23 bits per heavy atom. The number of ether oxygens (including phenoxy) is 2. The molecular weight excluding hydrogens is 284 g/mol. The van der Waals surface area contributed by atoms with Crippen molar-refractivity contribution in [2.24, 2.45) is 7.05 Å². The third kappa shape index (κ3) is 2.46. The highest BCUT2D eigenvalue weighted by Gasteiger charge is 2.17.